The molecule has 0 radical (unpaired) electrons. The Labute approximate surface area is 120 Å². The van der Waals surface area contributed by atoms with Gasteiger partial charge >= 0.3 is 0 Å². The summed E-state index contributed by atoms with van der Waals surface area (Å²) in [7, 11) is -0.607. The van der Waals surface area contributed by atoms with Crippen LogP contribution in [0.4, 0.5) is 0 Å². The van der Waals surface area contributed by atoms with Gasteiger partial charge in [0.1, 0.15) is 5.75 Å². The van der Waals surface area contributed by atoms with E-state index in [1.54, 1.807) is 4.90 Å². The van der Waals surface area contributed by atoms with E-state index in [0.29, 0.717) is 6.54 Å². The Bertz CT molecular complexity index is 565. The fourth-order valence-corrected chi connectivity index (χ4v) is 2.69. The first-order chi connectivity index (χ1) is 9.40. The van der Waals surface area contributed by atoms with Gasteiger partial charge in [-0.15, -0.1) is 0 Å². The summed E-state index contributed by atoms with van der Waals surface area (Å²) in [5.41, 5.74) is 1.02. The molecule has 0 atom stereocenters. The Kier molecular flexibility index (Phi) is 4.45. The number of hydrogen-bond donors (Lipinski definition) is 0. The predicted octanol–water partition coefficient (Wildman–Crippen LogP) is 1.07. The number of benzene rings is 1. The summed E-state index contributed by atoms with van der Waals surface area (Å²) >= 11 is 0. The minimum Gasteiger partial charge on any atom is -0.334 e. The fraction of sp³-hybridized carbons (Fsp3) is 0.500. The van der Waals surface area contributed by atoms with Crippen molar-refractivity contribution in [2.75, 3.05) is 19.8 Å². The lowest BCUT2D eigenvalue weighted by Gasteiger charge is -2.23. The average molecular weight is 296 g/mol. The molecule has 6 heteroatoms. The van der Waals surface area contributed by atoms with Crippen molar-refractivity contribution in [2.24, 2.45) is 0 Å². The molecule has 110 valence electrons. The normalized spacial score (nSPS) is 15.3. The van der Waals surface area contributed by atoms with Gasteiger partial charge in [-0.3, -0.25) is 4.79 Å². The molecule has 2 rings (SSSR count). The predicted molar refractivity (Wildman–Crippen MR) is 77.5 cm³/mol. The summed E-state index contributed by atoms with van der Waals surface area (Å²) < 4.78 is 24.7. The van der Waals surface area contributed by atoms with Crippen molar-refractivity contribution in [1.29, 1.82) is 0 Å². The summed E-state index contributed by atoms with van der Waals surface area (Å²) in [6, 6.07) is 9.85. The molecule has 0 aliphatic heterocycles. The summed E-state index contributed by atoms with van der Waals surface area (Å²) in [6.07, 6.45) is 1.92. The van der Waals surface area contributed by atoms with E-state index in [-0.39, 0.29) is 11.9 Å². The third-order valence-corrected chi connectivity index (χ3v) is 5.09. The van der Waals surface area contributed by atoms with Crippen LogP contribution in [0.25, 0.3) is 0 Å². The number of hydrogen-bond acceptors (Lipinski definition) is 3. The van der Waals surface area contributed by atoms with Crippen molar-refractivity contribution in [3.63, 3.8) is 0 Å². The fourth-order valence-electron chi connectivity index (χ4n) is 1.96. The van der Waals surface area contributed by atoms with Gasteiger partial charge in [0.2, 0.25) is 15.9 Å². The van der Waals surface area contributed by atoms with Crippen LogP contribution < -0.4 is 0 Å². The topological polar surface area (TPSA) is 57.7 Å². The second-order valence-corrected chi connectivity index (χ2v) is 7.46. The van der Waals surface area contributed by atoms with E-state index in [4.69, 9.17) is 0 Å². The maximum absolute atomic E-state index is 12.3. The van der Waals surface area contributed by atoms with Crippen LogP contribution in [-0.2, 0) is 21.4 Å². The Morgan fingerprint density at radius 2 is 1.80 bits per heavy atom. The van der Waals surface area contributed by atoms with Crippen LogP contribution in [0.5, 0.6) is 0 Å². The van der Waals surface area contributed by atoms with Gasteiger partial charge in [-0.2, -0.15) is 0 Å². The Morgan fingerprint density at radius 1 is 1.20 bits per heavy atom. The lowest BCUT2D eigenvalue weighted by molar-refractivity contribution is -0.129. The van der Waals surface area contributed by atoms with E-state index >= 15 is 0 Å². The molecule has 0 aromatic heterocycles. The Balaban J connectivity index is 2.08. The first-order valence-electron chi connectivity index (χ1n) is 6.64. The Morgan fingerprint density at radius 3 is 2.30 bits per heavy atom. The summed E-state index contributed by atoms with van der Waals surface area (Å²) in [4.78, 5) is 14.0. The van der Waals surface area contributed by atoms with Gasteiger partial charge in [-0.25, -0.2) is 12.7 Å². The summed E-state index contributed by atoms with van der Waals surface area (Å²) in [5, 5.41) is 0. The van der Waals surface area contributed by atoms with E-state index in [0.717, 1.165) is 22.7 Å². The number of sulfonamides is 1. The third kappa shape index (κ3) is 3.80. The number of carbonyl (C=O) groups is 1. The lowest BCUT2D eigenvalue weighted by Crippen LogP contribution is -2.40. The summed E-state index contributed by atoms with van der Waals surface area (Å²) in [5.74, 6) is -0.770. The van der Waals surface area contributed by atoms with Gasteiger partial charge < -0.3 is 4.90 Å². The highest BCUT2D eigenvalue weighted by molar-refractivity contribution is 7.89. The second kappa shape index (κ2) is 5.93. The average Bonchev–Trinajstić information content (AvgIpc) is 3.20. The first-order valence-corrected chi connectivity index (χ1v) is 8.24. The van der Waals surface area contributed by atoms with Gasteiger partial charge in [-0.05, 0) is 18.4 Å². The second-order valence-electron chi connectivity index (χ2n) is 5.28. The molecular formula is C14H20N2O3S. The number of rotatable bonds is 6. The number of carbonyl (C=O) groups excluding carboxylic acids is 1. The van der Waals surface area contributed by atoms with Gasteiger partial charge in [0.25, 0.3) is 0 Å². The van der Waals surface area contributed by atoms with Crippen molar-refractivity contribution in [3.05, 3.63) is 35.9 Å². The van der Waals surface area contributed by atoms with E-state index in [9.17, 15) is 13.2 Å². The maximum Gasteiger partial charge on any atom is 0.239 e. The molecule has 5 nitrogen and oxygen atoms in total. The molecule has 1 aromatic carbocycles. The van der Waals surface area contributed by atoms with Crippen LogP contribution in [0.3, 0.4) is 0 Å². The molecule has 1 aliphatic carbocycles. The zero-order valence-corrected chi connectivity index (χ0v) is 12.6. The lowest BCUT2D eigenvalue weighted by atomic mass is 10.2. The van der Waals surface area contributed by atoms with Crippen LogP contribution in [0.15, 0.2) is 30.3 Å². The standard InChI is InChI=1S/C14H20N2O3S/c1-15(2)20(18,19)11-14(17)16(13-8-9-13)10-12-6-4-3-5-7-12/h3-7,13H,8-11H2,1-2H3. The van der Waals surface area contributed by atoms with Crippen molar-refractivity contribution in [1.82, 2.24) is 9.21 Å². The first kappa shape index (κ1) is 15.0. The molecule has 0 spiro atoms. The van der Waals surface area contributed by atoms with Crippen LogP contribution in [0.2, 0.25) is 0 Å². The SMILES string of the molecule is CN(C)S(=O)(=O)CC(=O)N(Cc1ccccc1)C1CC1. The van der Waals surface area contributed by atoms with E-state index in [1.165, 1.54) is 14.1 Å². The minimum absolute atomic E-state index is 0.195. The third-order valence-electron chi connectivity index (χ3n) is 3.37. The van der Waals surface area contributed by atoms with Gasteiger partial charge in [-0.1, -0.05) is 30.3 Å². The van der Waals surface area contributed by atoms with Crippen LogP contribution >= 0.6 is 0 Å². The van der Waals surface area contributed by atoms with Crippen LogP contribution in [0, 0.1) is 0 Å². The zero-order valence-electron chi connectivity index (χ0n) is 11.8. The van der Waals surface area contributed by atoms with Crippen LogP contribution in [0.1, 0.15) is 18.4 Å². The molecule has 0 bridgehead atoms. The van der Waals surface area contributed by atoms with Crippen LogP contribution in [-0.4, -0.2) is 49.4 Å². The van der Waals surface area contributed by atoms with Gasteiger partial charge in [0.15, 0.2) is 0 Å². The zero-order chi connectivity index (χ0) is 14.8. The largest absolute Gasteiger partial charge is 0.334 e. The molecule has 1 amide bonds. The monoisotopic (exact) mass is 296 g/mol. The molecule has 0 N–H and O–H groups in total. The molecule has 20 heavy (non-hydrogen) atoms. The highest BCUT2D eigenvalue weighted by atomic mass is 32.2. The highest BCUT2D eigenvalue weighted by Gasteiger charge is 2.34. The number of amides is 1. The molecular weight excluding hydrogens is 276 g/mol. The quantitative estimate of drug-likeness (QED) is 0.789. The molecule has 1 aromatic rings. The molecule has 1 saturated carbocycles. The van der Waals surface area contributed by atoms with Crippen molar-refractivity contribution in [2.45, 2.75) is 25.4 Å². The van der Waals surface area contributed by atoms with Gasteiger partial charge in [0, 0.05) is 26.7 Å². The van der Waals surface area contributed by atoms with Crippen molar-refractivity contribution in [3.8, 4) is 0 Å². The Hall–Kier alpha value is -1.40. The van der Waals surface area contributed by atoms with E-state index < -0.39 is 15.8 Å². The number of nitrogens with zero attached hydrogens (tertiary/aromatic N) is 2. The summed E-state index contributed by atoms with van der Waals surface area (Å²) in [6.45, 7) is 0.479. The molecule has 0 saturated heterocycles. The van der Waals surface area contributed by atoms with Crippen molar-refractivity contribution < 1.29 is 13.2 Å². The minimum atomic E-state index is -3.50. The maximum atomic E-state index is 12.3. The van der Waals surface area contributed by atoms with Crippen molar-refractivity contribution >= 4 is 15.9 Å². The molecule has 1 aliphatic rings. The molecule has 0 heterocycles. The molecule has 1 fully saturated rings. The molecule has 0 unspecified atom stereocenters. The van der Waals surface area contributed by atoms with E-state index in [1.807, 2.05) is 30.3 Å². The smallest absolute Gasteiger partial charge is 0.239 e. The van der Waals surface area contributed by atoms with E-state index in [2.05, 4.69) is 0 Å². The van der Waals surface area contributed by atoms with Gasteiger partial charge in [0.05, 0.1) is 0 Å². The highest BCUT2D eigenvalue weighted by Crippen LogP contribution is 2.28.